The molecule has 108 valence electrons. The minimum atomic E-state index is 0.759. The van der Waals surface area contributed by atoms with Crippen LogP contribution < -0.4 is 9.47 Å². The Morgan fingerprint density at radius 3 is 1.68 bits per heavy atom. The van der Waals surface area contributed by atoms with E-state index in [9.17, 15) is 0 Å². The van der Waals surface area contributed by atoms with E-state index >= 15 is 0 Å². The second-order valence-corrected chi connectivity index (χ2v) is 6.94. The van der Waals surface area contributed by atoms with E-state index in [1.807, 2.05) is 18.2 Å². The van der Waals surface area contributed by atoms with Crippen molar-refractivity contribution in [2.75, 3.05) is 23.9 Å². The number of ether oxygens (including phenoxy) is 2. The number of benzene rings is 1. The van der Waals surface area contributed by atoms with Crippen molar-refractivity contribution in [1.82, 2.24) is 0 Å². The largest absolute Gasteiger partial charge is 0.493 e. The molecule has 0 heterocycles. The maximum absolute atomic E-state index is 5.74. The molecular formula is C14H19Br2IO2. The Balaban J connectivity index is 2.41. The molecule has 0 unspecified atom stereocenters. The number of rotatable bonds is 10. The molecule has 0 amide bonds. The summed E-state index contributed by atoms with van der Waals surface area (Å²) in [5, 5.41) is 2.06. The van der Waals surface area contributed by atoms with Gasteiger partial charge >= 0.3 is 0 Å². The summed E-state index contributed by atoms with van der Waals surface area (Å²) in [6.07, 6.45) is 4.41. The van der Waals surface area contributed by atoms with E-state index in [-0.39, 0.29) is 0 Å². The van der Waals surface area contributed by atoms with Gasteiger partial charge in [0.15, 0.2) is 0 Å². The molecule has 0 N–H and O–H groups in total. The van der Waals surface area contributed by atoms with Crippen LogP contribution in [0.4, 0.5) is 0 Å². The zero-order chi connectivity index (χ0) is 13.9. The topological polar surface area (TPSA) is 18.5 Å². The predicted molar refractivity (Wildman–Crippen MR) is 96.2 cm³/mol. The van der Waals surface area contributed by atoms with Gasteiger partial charge in [0.1, 0.15) is 11.5 Å². The molecule has 5 heteroatoms. The van der Waals surface area contributed by atoms with Gasteiger partial charge in [0.25, 0.3) is 0 Å². The fraction of sp³-hybridized carbons (Fsp3) is 0.571. The maximum atomic E-state index is 5.74. The Bertz CT molecular complexity index is 331. The lowest BCUT2D eigenvalue weighted by Crippen LogP contribution is -2.00. The summed E-state index contributed by atoms with van der Waals surface area (Å²) in [5.74, 6) is 1.80. The molecule has 0 saturated heterocycles. The fourth-order valence-corrected chi connectivity index (χ4v) is 2.88. The average molecular weight is 506 g/mol. The number of halogens is 3. The van der Waals surface area contributed by atoms with Crippen LogP contribution in [0.2, 0.25) is 0 Å². The third-order valence-electron chi connectivity index (χ3n) is 2.44. The first kappa shape index (κ1) is 17.6. The van der Waals surface area contributed by atoms with Crippen molar-refractivity contribution in [1.29, 1.82) is 0 Å². The van der Waals surface area contributed by atoms with E-state index in [1.165, 1.54) is 0 Å². The van der Waals surface area contributed by atoms with Crippen LogP contribution >= 0.6 is 54.5 Å². The van der Waals surface area contributed by atoms with E-state index in [4.69, 9.17) is 9.47 Å². The number of hydrogen-bond acceptors (Lipinski definition) is 2. The molecule has 1 aromatic rings. The van der Waals surface area contributed by atoms with Gasteiger partial charge in [-0.25, -0.2) is 0 Å². The molecular weight excluding hydrogens is 487 g/mol. The van der Waals surface area contributed by atoms with E-state index in [2.05, 4.69) is 54.5 Å². The van der Waals surface area contributed by atoms with Crippen molar-refractivity contribution < 1.29 is 9.47 Å². The summed E-state index contributed by atoms with van der Waals surface area (Å²) < 4.78 is 12.6. The molecule has 0 bridgehead atoms. The van der Waals surface area contributed by atoms with Crippen LogP contribution in [0.15, 0.2) is 18.2 Å². The van der Waals surface area contributed by atoms with Crippen LogP contribution in [0, 0.1) is 3.57 Å². The maximum Gasteiger partial charge on any atom is 0.124 e. The zero-order valence-electron chi connectivity index (χ0n) is 10.8. The van der Waals surface area contributed by atoms with Gasteiger partial charge in [-0.1, -0.05) is 31.9 Å². The minimum Gasteiger partial charge on any atom is -0.493 e. The van der Waals surface area contributed by atoms with Gasteiger partial charge in [-0.05, 0) is 60.4 Å². The standard InChI is InChI=1S/C14H19Br2IO2/c15-5-1-3-7-18-13-9-12(17)10-14(11-13)19-8-4-2-6-16/h9-11H,1-8H2. The van der Waals surface area contributed by atoms with Crippen LogP contribution in [-0.4, -0.2) is 23.9 Å². The first-order valence-electron chi connectivity index (χ1n) is 6.44. The molecule has 1 aromatic carbocycles. The highest BCUT2D eigenvalue weighted by Gasteiger charge is 2.02. The van der Waals surface area contributed by atoms with E-state index in [0.717, 1.165) is 64.6 Å². The van der Waals surface area contributed by atoms with Crippen molar-refractivity contribution in [2.45, 2.75) is 25.7 Å². The Morgan fingerprint density at radius 2 is 1.26 bits per heavy atom. The first-order chi connectivity index (χ1) is 9.26. The summed E-state index contributed by atoms with van der Waals surface area (Å²) in [4.78, 5) is 0. The Morgan fingerprint density at radius 1 is 0.789 bits per heavy atom. The number of hydrogen-bond donors (Lipinski definition) is 0. The van der Waals surface area contributed by atoms with Crippen LogP contribution in [0.3, 0.4) is 0 Å². The summed E-state index contributed by atoms with van der Waals surface area (Å²) >= 11 is 9.13. The van der Waals surface area contributed by atoms with Gasteiger partial charge in [0, 0.05) is 20.3 Å². The molecule has 19 heavy (non-hydrogen) atoms. The Labute approximate surface area is 146 Å². The van der Waals surface area contributed by atoms with E-state index in [0.29, 0.717) is 0 Å². The molecule has 0 aromatic heterocycles. The highest BCUT2D eigenvalue weighted by Crippen LogP contribution is 2.24. The van der Waals surface area contributed by atoms with Crippen molar-refractivity contribution in [2.24, 2.45) is 0 Å². The monoisotopic (exact) mass is 504 g/mol. The second kappa shape index (κ2) is 11.2. The van der Waals surface area contributed by atoms with Crippen LogP contribution in [0.5, 0.6) is 11.5 Å². The average Bonchev–Trinajstić information content (AvgIpc) is 2.39. The Hall–Kier alpha value is 0.510. The number of unbranched alkanes of at least 4 members (excludes halogenated alkanes) is 2. The molecule has 1 rings (SSSR count). The van der Waals surface area contributed by atoms with Crippen molar-refractivity contribution in [3.63, 3.8) is 0 Å². The Kier molecular flexibility index (Phi) is 10.4. The summed E-state index contributed by atoms with van der Waals surface area (Å²) in [6, 6.07) is 6.06. The molecule has 0 atom stereocenters. The highest BCUT2D eigenvalue weighted by molar-refractivity contribution is 14.1. The van der Waals surface area contributed by atoms with Gasteiger partial charge in [-0.3, -0.25) is 0 Å². The molecule has 2 nitrogen and oxygen atoms in total. The summed E-state index contributed by atoms with van der Waals surface area (Å²) in [5.41, 5.74) is 0. The van der Waals surface area contributed by atoms with Crippen molar-refractivity contribution in [3.05, 3.63) is 21.8 Å². The lowest BCUT2D eigenvalue weighted by Gasteiger charge is -2.10. The van der Waals surface area contributed by atoms with E-state index < -0.39 is 0 Å². The van der Waals surface area contributed by atoms with Crippen LogP contribution in [0.1, 0.15) is 25.7 Å². The van der Waals surface area contributed by atoms with Crippen LogP contribution in [-0.2, 0) is 0 Å². The molecule has 0 spiro atoms. The lowest BCUT2D eigenvalue weighted by molar-refractivity contribution is 0.294. The number of alkyl halides is 2. The highest BCUT2D eigenvalue weighted by atomic mass is 127. The predicted octanol–water partition coefficient (Wildman–Crippen LogP) is 5.40. The quantitative estimate of drug-likeness (QED) is 0.241. The second-order valence-electron chi connectivity index (χ2n) is 4.11. The summed E-state index contributed by atoms with van der Waals surface area (Å²) in [6.45, 7) is 1.52. The van der Waals surface area contributed by atoms with Gasteiger partial charge in [0.05, 0.1) is 13.2 Å². The molecule has 0 fully saturated rings. The third-order valence-corrected chi connectivity index (χ3v) is 4.18. The molecule has 0 radical (unpaired) electrons. The molecule has 0 aliphatic heterocycles. The molecule has 0 saturated carbocycles. The SMILES string of the molecule is BrCCCCOc1cc(I)cc(OCCCCBr)c1. The van der Waals surface area contributed by atoms with Crippen molar-refractivity contribution in [3.8, 4) is 11.5 Å². The summed E-state index contributed by atoms with van der Waals surface area (Å²) in [7, 11) is 0. The smallest absolute Gasteiger partial charge is 0.124 e. The zero-order valence-corrected chi connectivity index (χ0v) is 16.2. The van der Waals surface area contributed by atoms with Gasteiger partial charge in [0.2, 0.25) is 0 Å². The normalized spacial score (nSPS) is 10.5. The van der Waals surface area contributed by atoms with E-state index in [1.54, 1.807) is 0 Å². The lowest BCUT2D eigenvalue weighted by atomic mass is 10.3. The fourth-order valence-electron chi connectivity index (χ4n) is 1.48. The van der Waals surface area contributed by atoms with Crippen molar-refractivity contribution >= 4 is 54.5 Å². The van der Waals surface area contributed by atoms with Crippen LogP contribution in [0.25, 0.3) is 0 Å². The van der Waals surface area contributed by atoms with Gasteiger partial charge < -0.3 is 9.47 Å². The molecule has 0 aliphatic rings. The first-order valence-corrected chi connectivity index (χ1v) is 9.76. The van der Waals surface area contributed by atoms with Gasteiger partial charge in [-0.15, -0.1) is 0 Å². The molecule has 0 aliphatic carbocycles. The van der Waals surface area contributed by atoms with Gasteiger partial charge in [-0.2, -0.15) is 0 Å². The third kappa shape index (κ3) is 8.40. The minimum absolute atomic E-state index is 0.759.